The topological polar surface area (TPSA) is 86.0 Å². The van der Waals surface area contributed by atoms with E-state index in [1.165, 1.54) is 0 Å². The third-order valence-corrected chi connectivity index (χ3v) is 2.13. The second-order valence-corrected chi connectivity index (χ2v) is 5.70. The van der Waals surface area contributed by atoms with Gasteiger partial charge in [-0.3, -0.25) is 0 Å². The van der Waals surface area contributed by atoms with E-state index < -0.39 is 0 Å². The highest BCUT2D eigenvalue weighted by atomic mass is 16.5. The van der Waals surface area contributed by atoms with Crippen molar-refractivity contribution in [3.05, 3.63) is 0 Å². The number of nitrogens with two attached hydrogens (primary N) is 1. The summed E-state index contributed by atoms with van der Waals surface area (Å²) in [6.07, 6.45) is 1.02. The molecule has 0 spiro atoms. The number of ether oxygens (including phenoxy) is 1. The Bertz CT molecular complexity index is 387. The standard InChI is InChI=1S/C12H23N5O/c1-8(2)18-11-16-9(13)15-10(17-11)14-7-6-12(3,4)5/h8H,6-7H2,1-5H3,(H3,13,14,15,16,17). The molecule has 0 aliphatic rings. The zero-order valence-corrected chi connectivity index (χ0v) is 11.8. The molecule has 0 bridgehead atoms. The minimum atomic E-state index is 0.00854. The molecule has 0 atom stereocenters. The van der Waals surface area contributed by atoms with Gasteiger partial charge in [0.05, 0.1) is 6.10 Å². The highest BCUT2D eigenvalue weighted by Crippen LogP contribution is 2.18. The monoisotopic (exact) mass is 253 g/mol. The van der Waals surface area contributed by atoms with Crippen molar-refractivity contribution in [1.29, 1.82) is 0 Å². The Balaban J connectivity index is 2.62. The van der Waals surface area contributed by atoms with Crippen molar-refractivity contribution in [2.24, 2.45) is 5.41 Å². The molecule has 0 radical (unpaired) electrons. The summed E-state index contributed by atoms with van der Waals surface area (Å²) in [5.41, 5.74) is 5.88. The Labute approximate surface area is 108 Å². The van der Waals surface area contributed by atoms with E-state index in [-0.39, 0.29) is 23.5 Å². The van der Waals surface area contributed by atoms with Crippen LogP contribution in [-0.2, 0) is 0 Å². The molecule has 3 N–H and O–H groups in total. The van der Waals surface area contributed by atoms with Gasteiger partial charge in [0.2, 0.25) is 11.9 Å². The van der Waals surface area contributed by atoms with Crippen LogP contribution in [-0.4, -0.2) is 27.6 Å². The number of rotatable bonds is 5. The van der Waals surface area contributed by atoms with Crippen molar-refractivity contribution in [2.75, 3.05) is 17.6 Å². The maximum atomic E-state index is 5.61. The van der Waals surface area contributed by atoms with Crippen LogP contribution in [0.5, 0.6) is 6.01 Å². The van der Waals surface area contributed by atoms with Crippen molar-refractivity contribution in [3.8, 4) is 6.01 Å². The fourth-order valence-corrected chi connectivity index (χ4v) is 1.26. The summed E-state index contributed by atoms with van der Waals surface area (Å²) in [5.74, 6) is 0.626. The van der Waals surface area contributed by atoms with Gasteiger partial charge in [-0.15, -0.1) is 0 Å². The third-order valence-electron chi connectivity index (χ3n) is 2.13. The van der Waals surface area contributed by atoms with Crippen LogP contribution >= 0.6 is 0 Å². The molecular weight excluding hydrogens is 230 g/mol. The number of hydrogen-bond acceptors (Lipinski definition) is 6. The molecule has 0 saturated heterocycles. The van der Waals surface area contributed by atoms with Crippen LogP contribution in [0.2, 0.25) is 0 Å². The van der Waals surface area contributed by atoms with Gasteiger partial charge in [0.15, 0.2) is 0 Å². The lowest BCUT2D eigenvalue weighted by molar-refractivity contribution is 0.222. The molecule has 0 aliphatic carbocycles. The van der Waals surface area contributed by atoms with E-state index in [2.05, 4.69) is 41.0 Å². The predicted octanol–water partition coefficient (Wildman–Crippen LogP) is 2.09. The van der Waals surface area contributed by atoms with Gasteiger partial charge in [0, 0.05) is 6.54 Å². The van der Waals surface area contributed by atoms with Crippen LogP contribution in [0.25, 0.3) is 0 Å². The molecule has 0 aliphatic heterocycles. The maximum Gasteiger partial charge on any atom is 0.323 e. The lowest BCUT2D eigenvalue weighted by Gasteiger charge is -2.18. The van der Waals surface area contributed by atoms with Gasteiger partial charge >= 0.3 is 6.01 Å². The lowest BCUT2D eigenvalue weighted by Crippen LogP contribution is -2.16. The average Bonchev–Trinajstić information content (AvgIpc) is 2.12. The lowest BCUT2D eigenvalue weighted by atomic mass is 9.92. The van der Waals surface area contributed by atoms with Gasteiger partial charge in [0.1, 0.15) is 0 Å². The van der Waals surface area contributed by atoms with E-state index in [1.54, 1.807) is 0 Å². The van der Waals surface area contributed by atoms with Gasteiger partial charge in [-0.25, -0.2) is 0 Å². The first-order valence-corrected chi connectivity index (χ1v) is 6.18. The largest absolute Gasteiger partial charge is 0.461 e. The number of anilines is 2. The van der Waals surface area contributed by atoms with Crippen LogP contribution < -0.4 is 15.8 Å². The summed E-state index contributed by atoms with van der Waals surface area (Å²) >= 11 is 0. The summed E-state index contributed by atoms with van der Waals surface area (Å²) in [4.78, 5) is 12.1. The van der Waals surface area contributed by atoms with Gasteiger partial charge in [-0.05, 0) is 25.7 Å². The zero-order chi connectivity index (χ0) is 13.8. The zero-order valence-electron chi connectivity index (χ0n) is 11.8. The molecular formula is C12H23N5O. The summed E-state index contributed by atoms with van der Waals surface area (Å²) in [7, 11) is 0. The van der Waals surface area contributed by atoms with Crippen molar-refractivity contribution in [1.82, 2.24) is 15.0 Å². The molecule has 0 unspecified atom stereocenters. The van der Waals surface area contributed by atoms with E-state index in [0.717, 1.165) is 13.0 Å². The first-order chi connectivity index (χ1) is 8.26. The molecule has 1 aromatic heterocycles. The molecule has 1 rings (SSSR count). The van der Waals surface area contributed by atoms with E-state index in [4.69, 9.17) is 10.5 Å². The molecule has 1 aromatic rings. The summed E-state index contributed by atoms with van der Waals surface area (Å²) in [6, 6.07) is 0.260. The SMILES string of the molecule is CC(C)Oc1nc(N)nc(NCCC(C)(C)C)n1. The third kappa shape index (κ3) is 5.65. The van der Waals surface area contributed by atoms with Crippen LogP contribution in [0.3, 0.4) is 0 Å². The normalized spacial score (nSPS) is 11.7. The van der Waals surface area contributed by atoms with Crippen LogP contribution in [0.1, 0.15) is 41.0 Å². The minimum Gasteiger partial charge on any atom is -0.461 e. The highest BCUT2D eigenvalue weighted by molar-refractivity contribution is 5.32. The first kappa shape index (κ1) is 14.5. The summed E-state index contributed by atoms with van der Waals surface area (Å²) in [6.45, 7) is 11.2. The van der Waals surface area contributed by atoms with E-state index in [0.29, 0.717) is 5.95 Å². The van der Waals surface area contributed by atoms with Gasteiger partial charge < -0.3 is 15.8 Å². The number of nitrogens with one attached hydrogen (secondary N) is 1. The highest BCUT2D eigenvalue weighted by Gasteiger charge is 2.11. The molecule has 0 saturated carbocycles. The van der Waals surface area contributed by atoms with Gasteiger partial charge in [0.25, 0.3) is 0 Å². The summed E-state index contributed by atoms with van der Waals surface area (Å²) in [5, 5.41) is 3.13. The molecule has 6 nitrogen and oxygen atoms in total. The Morgan fingerprint density at radius 3 is 2.44 bits per heavy atom. The van der Waals surface area contributed by atoms with E-state index in [9.17, 15) is 0 Å². The van der Waals surface area contributed by atoms with Crippen molar-refractivity contribution in [2.45, 2.75) is 47.1 Å². The van der Waals surface area contributed by atoms with Crippen LogP contribution in [0.4, 0.5) is 11.9 Å². The molecule has 102 valence electrons. The maximum absolute atomic E-state index is 5.61. The Morgan fingerprint density at radius 2 is 1.89 bits per heavy atom. The molecule has 0 fully saturated rings. The Kier molecular flexibility index (Phi) is 4.69. The second kappa shape index (κ2) is 5.84. The van der Waals surface area contributed by atoms with Crippen LogP contribution in [0.15, 0.2) is 0 Å². The molecule has 0 aromatic carbocycles. The Morgan fingerprint density at radius 1 is 1.22 bits per heavy atom. The number of aromatic nitrogens is 3. The molecule has 18 heavy (non-hydrogen) atoms. The van der Waals surface area contributed by atoms with Crippen molar-refractivity contribution >= 4 is 11.9 Å². The second-order valence-electron chi connectivity index (χ2n) is 5.70. The predicted molar refractivity (Wildman–Crippen MR) is 72.6 cm³/mol. The number of nitrogens with zero attached hydrogens (tertiary/aromatic N) is 3. The fourth-order valence-electron chi connectivity index (χ4n) is 1.26. The summed E-state index contributed by atoms with van der Waals surface area (Å²) < 4.78 is 5.40. The van der Waals surface area contributed by atoms with Crippen LogP contribution in [0, 0.1) is 5.41 Å². The van der Waals surface area contributed by atoms with Crippen molar-refractivity contribution in [3.63, 3.8) is 0 Å². The van der Waals surface area contributed by atoms with Crippen molar-refractivity contribution < 1.29 is 4.74 Å². The fraction of sp³-hybridized carbons (Fsp3) is 0.750. The molecule has 6 heteroatoms. The molecule has 1 heterocycles. The smallest absolute Gasteiger partial charge is 0.323 e. The molecule has 0 amide bonds. The van der Waals surface area contributed by atoms with Gasteiger partial charge in [-0.2, -0.15) is 15.0 Å². The average molecular weight is 253 g/mol. The number of nitrogen functional groups attached to an aromatic ring is 1. The Hall–Kier alpha value is -1.59. The number of hydrogen-bond donors (Lipinski definition) is 2. The van der Waals surface area contributed by atoms with E-state index >= 15 is 0 Å². The minimum absolute atomic E-state index is 0.00854. The quantitative estimate of drug-likeness (QED) is 0.835. The van der Waals surface area contributed by atoms with E-state index in [1.807, 2.05) is 13.8 Å². The van der Waals surface area contributed by atoms with Gasteiger partial charge in [-0.1, -0.05) is 20.8 Å². The first-order valence-electron chi connectivity index (χ1n) is 6.18.